The van der Waals surface area contributed by atoms with E-state index in [1.54, 1.807) is 0 Å². The minimum absolute atomic E-state index is 0.0160. The number of nitrogens with zero attached hydrogens (tertiary/aromatic N) is 6. The summed E-state index contributed by atoms with van der Waals surface area (Å²) in [7, 11) is 3.21. The molecule has 3 aromatic rings. The number of benzene rings is 2. The first kappa shape index (κ1) is 25.7. The monoisotopic (exact) mass is 550 g/mol. The molecule has 2 aromatic carbocycles. The summed E-state index contributed by atoms with van der Waals surface area (Å²) in [6, 6.07) is 7.56. The van der Waals surface area contributed by atoms with Crippen molar-refractivity contribution < 1.29 is 31.1 Å². The molecule has 4 aliphatic rings. The maximum Gasteiger partial charge on any atom is 0.416 e. The lowest BCUT2D eigenvalue weighted by Crippen LogP contribution is -2.68. The number of piperidine rings is 1. The van der Waals surface area contributed by atoms with Crippen LogP contribution in [0.1, 0.15) is 45.5 Å². The van der Waals surface area contributed by atoms with Gasteiger partial charge in [0.15, 0.2) is 6.17 Å². The number of fused-ring (bicyclic) bond motifs is 3. The van der Waals surface area contributed by atoms with Crippen LogP contribution in [0.25, 0.3) is 0 Å². The predicted octanol–water partition coefficient (Wildman–Crippen LogP) is 4.69. The van der Waals surface area contributed by atoms with Crippen LogP contribution in [-0.2, 0) is 25.7 Å². The van der Waals surface area contributed by atoms with Crippen LogP contribution in [0.5, 0.6) is 0 Å². The number of likely N-dealkylation sites (N-methyl/N-ethyl adjacent to an activating group) is 1. The Hall–Kier alpha value is -3.61. The molecule has 5 heterocycles. The molecule has 206 valence electrons. The molecule has 7 rings (SSSR count). The van der Waals surface area contributed by atoms with Gasteiger partial charge in [-0.2, -0.15) is 22.0 Å². The Morgan fingerprint density at radius 3 is 2.36 bits per heavy atom. The molecule has 1 aromatic heterocycles. The van der Waals surface area contributed by atoms with Gasteiger partial charge in [-0.3, -0.25) is 4.79 Å². The molecule has 2 bridgehead atoms. The molecule has 0 aliphatic carbocycles. The van der Waals surface area contributed by atoms with Crippen molar-refractivity contribution in [3.63, 3.8) is 0 Å². The first-order valence-corrected chi connectivity index (χ1v) is 12.4. The van der Waals surface area contributed by atoms with E-state index >= 15 is 4.39 Å². The smallest absolute Gasteiger partial charge is 0.363 e. The quantitative estimate of drug-likeness (QED) is 0.432. The molecule has 7 nitrogen and oxygen atoms in total. The second-order valence-electron chi connectivity index (χ2n) is 10.4. The van der Waals surface area contributed by atoms with Gasteiger partial charge in [-0.1, -0.05) is 12.1 Å². The molecule has 0 saturated carbocycles. The Morgan fingerprint density at radius 1 is 1.00 bits per heavy atom. The summed E-state index contributed by atoms with van der Waals surface area (Å²) in [4.78, 5) is 18.6. The highest BCUT2D eigenvalue weighted by atomic mass is 19.4. The Kier molecular flexibility index (Phi) is 5.72. The molecule has 39 heavy (non-hydrogen) atoms. The van der Waals surface area contributed by atoms with Crippen LogP contribution < -0.4 is 9.80 Å². The highest BCUT2D eigenvalue weighted by Gasteiger charge is 2.48. The zero-order chi connectivity index (χ0) is 27.9. The second-order valence-corrected chi connectivity index (χ2v) is 10.4. The number of rotatable bonds is 5. The lowest BCUT2D eigenvalue weighted by atomic mass is 9.86. The molecule has 3 saturated heterocycles. The number of carbonyl (C=O) groups excluding carboxylic acids is 1. The fraction of sp³-hybridized carbons (Fsp3) is 0.423. The van der Waals surface area contributed by atoms with E-state index in [0.717, 1.165) is 40.4 Å². The summed E-state index contributed by atoms with van der Waals surface area (Å²) >= 11 is 0. The minimum Gasteiger partial charge on any atom is -0.363 e. The first-order chi connectivity index (χ1) is 18.4. The van der Waals surface area contributed by atoms with Crippen LogP contribution in [0.3, 0.4) is 0 Å². The molecule has 3 unspecified atom stereocenters. The summed E-state index contributed by atoms with van der Waals surface area (Å²) < 4.78 is 88.4. The van der Waals surface area contributed by atoms with Crippen LogP contribution >= 0.6 is 0 Å². The topological polar surface area (TPSA) is 57.5 Å². The van der Waals surface area contributed by atoms with Gasteiger partial charge in [0.05, 0.1) is 12.1 Å². The van der Waals surface area contributed by atoms with Crippen LogP contribution in [0.2, 0.25) is 0 Å². The summed E-state index contributed by atoms with van der Waals surface area (Å²) in [5, 5.41) is 6.68. The third-order valence-corrected chi connectivity index (χ3v) is 7.81. The largest absolute Gasteiger partial charge is 0.416 e. The molecule has 4 aliphatic heterocycles. The van der Waals surface area contributed by atoms with Crippen molar-refractivity contribution in [3.05, 3.63) is 70.8 Å². The van der Waals surface area contributed by atoms with E-state index in [0.29, 0.717) is 18.8 Å². The molecule has 0 spiro atoms. The van der Waals surface area contributed by atoms with Gasteiger partial charge in [0.1, 0.15) is 6.33 Å². The van der Waals surface area contributed by atoms with Gasteiger partial charge in [-0.15, -0.1) is 10.2 Å². The van der Waals surface area contributed by atoms with Crippen molar-refractivity contribution in [1.82, 2.24) is 19.7 Å². The van der Waals surface area contributed by atoms with Crippen LogP contribution in [0.4, 0.5) is 37.7 Å². The highest BCUT2D eigenvalue weighted by Crippen LogP contribution is 2.46. The van der Waals surface area contributed by atoms with E-state index in [9.17, 15) is 26.7 Å². The van der Waals surface area contributed by atoms with Crippen molar-refractivity contribution in [2.75, 3.05) is 29.9 Å². The van der Waals surface area contributed by atoms with Crippen LogP contribution in [-0.4, -0.2) is 57.8 Å². The number of piperazine rings is 1. The van der Waals surface area contributed by atoms with Crippen molar-refractivity contribution in [1.29, 1.82) is 0 Å². The van der Waals surface area contributed by atoms with E-state index in [2.05, 4.69) is 15.1 Å². The Balaban J connectivity index is 1.34. The highest BCUT2D eigenvalue weighted by molar-refractivity contribution is 6.11. The third-order valence-electron chi connectivity index (χ3n) is 7.81. The molecule has 3 fully saturated rings. The third kappa shape index (κ3) is 4.05. The van der Waals surface area contributed by atoms with Crippen molar-refractivity contribution in [2.24, 2.45) is 7.05 Å². The number of carbonyl (C=O) groups is 1. The molecule has 13 heteroatoms. The Morgan fingerprint density at radius 2 is 1.72 bits per heavy atom. The van der Waals surface area contributed by atoms with Gasteiger partial charge in [-0.05, 0) is 48.9 Å². The first-order valence-electron chi connectivity index (χ1n) is 12.4. The van der Waals surface area contributed by atoms with Crippen molar-refractivity contribution in [3.8, 4) is 0 Å². The maximum absolute atomic E-state index is 15.1. The van der Waals surface area contributed by atoms with E-state index in [1.165, 1.54) is 25.2 Å². The molecule has 1 amide bonds. The lowest BCUT2D eigenvalue weighted by molar-refractivity contribution is -0.138. The van der Waals surface area contributed by atoms with Crippen LogP contribution in [0.15, 0.2) is 42.7 Å². The van der Waals surface area contributed by atoms with E-state index < -0.39 is 47.7 Å². The number of halogens is 6. The number of aromatic nitrogens is 3. The number of alkyl halides is 6. The van der Waals surface area contributed by atoms with E-state index in [1.807, 2.05) is 11.9 Å². The van der Waals surface area contributed by atoms with Gasteiger partial charge in [0.2, 0.25) is 5.82 Å². The van der Waals surface area contributed by atoms with Gasteiger partial charge in [0.25, 0.3) is 5.91 Å². The van der Waals surface area contributed by atoms with E-state index in [-0.39, 0.29) is 28.9 Å². The summed E-state index contributed by atoms with van der Waals surface area (Å²) in [6.45, 7) is 1.01. The number of hydrogen-bond acceptors (Lipinski definition) is 5. The fourth-order valence-electron chi connectivity index (χ4n) is 6.00. The second kappa shape index (κ2) is 8.70. The number of aryl methyl sites for hydroxylation is 1. The standard InChI is InChI=1S/C26H24F6N6O/c1-35-10-17-7-18(11-35)38(17)16-8-19-20(21(9-16)26(30,31)32)12-37(23(19)39)15-5-3-4-14(6-15)22(27)25(28,29)24-34-33-13-36(24)2/h3-6,8-9,13,17-18,22H,7,10-12H2,1-2H3. The van der Waals surface area contributed by atoms with Gasteiger partial charge in [-0.25, -0.2) is 4.39 Å². The molecule has 0 N–H and O–H groups in total. The molecular weight excluding hydrogens is 526 g/mol. The zero-order valence-electron chi connectivity index (χ0n) is 21.0. The Labute approximate surface area is 219 Å². The summed E-state index contributed by atoms with van der Waals surface area (Å²) in [6.07, 6.45) is -5.65. The molecule has 3 atom stereocenters. The summed E-state index contributed by atoms with van der Waals surface area (Å²) in [5.41, 5.74) is -1.28. The van der Waals surface area contributed by atoms with Gasteiger partial charge < -0.3 is 19.3 Å². The normalized spacial score (nSPS) is 22.2. The van der Waals surface area contributed by atoms with Crippen molar-refractivity contribution in [2.45, 2.75) is 43.3 Å². The van der Waals surface area contributed by atoms with Gasteiger partial charge in [0, 0.05) is 49.2 Å². The van der Waals surface area contributed by atoms with Gasteiger partial charge >= 0.3 is 12.1 Å². The minimum atomic E-state index is -4.71. The average molecular weight is 551 g/mol. The number of hydrogen-bond donors (Lipinski definition) is 0. The summed E-state index contributed by atoms with van der Waals surface area (Å²) in [5.74, 6) is -5.62. The zero-order valence-corrected chi connectivity index (χ0v) is 21.0. The lowest BCUT2D eigenvalue weighted by Gasteiger charge is -2.57. The number of anilines is 2. The Bertz CT molecular complexity index is 1440. The van der Waals surface area contributed by atoms with E-state index in [4.69, 9.17) is 0 Å². The SMILES string of the molecule is CN1CC2CC(C1)N2c1cc2c(c(C(F)(F)F)c1)CN(c1cccc(C(F)C(F)(F)c3nncn3C)c1)C2=O. The maximum atomic E-state index is 15.1. The molecular formula is C26H24F6N6O. The van der Waals surface area contributed by atoms with Crippen molar-refractivity contribution >= 4 is 17.3 Å². The average Bonchev–Trinajstić information content (AvgIpc) is 3.46. The predicted molar refractivity (Wildman–Crippen MR) is 129 cm³/mol. The molecule has 0 radical (unpaired) electrons. The number of amides is 1. The fourth-order valence-corrected chi connectivity index (χ4v) is 6.00. The van der Waals surface area contributed by atoms with Crippen LogP contribution in [0, 0.1) is 0 Å².